The van der Waals surface area contributed by atoms with Crippen LogP contribution < -0.4 is 0 Å². The van der Waals surface area contributed by atoms with E-state index in [-0.39, 0.29) is 0 Å². The lowest BCUT2D eigenvalue weighted by Gasteiger charge is -2.04. The highest BCUT2D eigenvalue weighted by Gasteiger charge is 1.92. The van der Waals surface area contributed by atoms with Crippen molar-refractivity contribution in [1.29, 1.82) is 0 Å². The summed E-state index contributed by atoms with van der Waals surface area (Å²) >= 11 is 0. The standard InChI is InChI=1S/C5H14OSi/c1-3-5(2)4-6-7/h5H,3-4H2,1-2,7H3. The molecule has 1 unspecified atom stereocenters. The van der Waals surface area contributed by atoms with Gasteiger partial charge in [0.1, 0.15) is 10.5 Å². The van der Waals surface area contributed by atoms with Crippen molar-refractivity contribution in [2.45, 2.75) is 20.3 Å². The molecule has 0 saturated heterocycles. The summed E-state index contributed by atoms with van der Waals surface area (Å²) < 4.78 is 5.03. The number of hydrogen-bond donors (Lipinski definition) is 0. The highest BCUT2D eigenvalue weighted by Crippen LogP contribution is 1.97. The summed E-state index contributed by atoms with van der Waals surface area (Å²) in [4.78, 5) is 0. The van der Waals surface area contributed by atoms with Gasteiger partial charge in [-0.15, -0.1) is 0 Å². The summed E-state index contributed by atoms with van der Waals surface area (Å²) in [5.74, 6) is 0.762. The van der Waals surface area contributed by atoms with Crippen molar-refractivity contribution < 1.29 is 4.43 Å². The predicted molar refractivity (Wildman–Crippen MR) is 35.3 cm³/mol. The molecular weight excluding hydrogens is 104 g/mol. The Labute approximate surface area is 48.6 Å². The fourth-order valence-corrected chi connectivity index (χ4v) is 0.971. The molecule has 2 heteroatoms. The van der Waals surface area contributed by atoms with Gasteiger partial charge in [0.25, 0.3) is 0 Å². The van der Waals surface area contributed by atoms with Crippen LogP contribution in [-0.4, -0.2) is 17.1 Å². The first-order valence-corrected chi connectivity index (χ1v) is 3.61. The van der Waals surface area contributed by atoms with Gasteiger partial charge >= 0.3 is 0 Å². The van der Waals surface area contributed by atoms with Crippen molar-refractivity contribution in [2.24, 2.45) is 5.92 Å². The van der Waals surface area contributed by atoms with Crippen LogP contribution >= 0.6 is 0 Å². The van der Waals surface area contributed by atoms with Crippen LogP contribution in [0.25, 0.3) is 0 Å². The summed E-state index contributed by atoms with van der Waals surface area (Å²) in [6, 6.07) is 0. The van der Waals surface area contributed by atoms with Gasteiger partial charge in [-0.3, -0.25) is 0 Å². The minimum atomic E-state index is 0.762. The Morgan fingerprint density at radius 3 is 2.43 bits per heavy atom. The molecule has 1 atom stereocenters. The van der Waals surface area contributed by atoms with Crippen molar-refractivity contribution >= 4 is 10.5 Å². The Kier molecular flexibility index (Phi) is 4.45. The fourth-order valence-electron chi connectivity index (χ4n) is 0.402. The third kappa shape index (κ3) is 4.02. The van der Waals surface area contributed by atoms with Gasteiger partial charge in [-0.25, -0.2) is 0 Å². The van der Waals surface area contributed by atoms with E-state index in [1.54, 1.807) is 0 Å². The molecule has 0 bridgehead atoms. The van der Waals surface area contributed by atoms with E-state index < -0.39 is 0 Å². The number of rotatable bonds is 3. The topological polar surface area (TPSA) is 9.23 Å². The van der Waals surface area contributed by atoms with Gasteiger partial charge in [0.15, 0.2) is 0 Å². The van der Waals surface area contributed by atoms with E-state index in [0.29, 0.717) is 0 Å². The van der Waals surface area contributed by atoms with Gasteiger partial charge in [-0.1, -0.05) is 20.3 Å². The lowest BCUT2D eigenvalue weighted by molar-refractivity contribution is 0.278. The van der Waals surface area contributed by atoms with E-state index in [9.17, 15) is 0 Å². The molecule has 0 radical (unpaired) electrons. The molecule has 0 spiro atoms. The molecule has 0 heterocycles. The molecule has 0 saturated carbocycles. The summed E-state index contributed by atoms with van der Waals surface area (Å²) in [7, 11) is 0.891. The highest BCUT2D eigenvalue weighted by molar-refractivity contribution is 5.97. The lowest BCUT2D eigenvalue weighted by Crippen LogP contribution is -2.01. The Balaban J connectivity index is 2.83. The monoisotopic (exact) mass is 118 g/mol. The van der Waals surface area contributed by atoms with Gasteiger partial charge in [-0.2, -0.15) is 0 Å². The summed E-state index contributed by atoms with van der Waals surface area (Å²) in [5, 5.41) is 0. The van der Waals surface area contributed by atoms with Crippen molar-refractivity contribution in [1.82, 2.24) is 0 Å². The Morgan fingerprint density at radius 1 is 1.71 bits per heavy atom. The maximum absolute atomic E-state index is 5.03. The molecule has 0 aliphatic carbocycles. The molecular formula is C5H14OSi. The molecule has 0 aromatic heterocycles. The Hall–Kier alpha value is 0.177. The second-order valence-electron chi connectivity index (χ2n) is 1.97. The smallest absolute Gasteiger partial charge is 0.145 e. The SMILES string of the molecule is CCC(C)CO[SiH3]. The van der Waals surface area contributed by atoms with Crippen LogP contribution in [0, 0.1) is 5.92 Å². The van der Waals surface area contributed by atoms with Crippen molar-refractivity contribution in [2.75, 3.05) is 6.61 Å². The van der Waals surface area contributed by atoms with Gasteiger partial charge in [0, 0.05) is 6.61 Å². The zero-order valence-electron chi connectivity index (χ0n) is 5.40. The minimum Gasteiger partial charge on any atom is -0.428 e. The molecule has 0 aliphatic rings. The predicted octanol–water partition coefficient (Wildman–Crippen LogP) is 0.329. The molecule has 7 heavy (non-hydrogen) atoms. The first-order chi connectivity index (χ1) is 3.31. The van der Waals surface area contributed by atoms with E-state index in [0.717, 1.165) is 23.0 Å². The average molecular weight is 118 g/mol. The molecule has 0 fully saturated rings. The van der Waals surface area contributed by atoms with Gasteiger partial charge in [0.2, 0.25) is 0 Å². The molecule has 0 amide bonds. The summed E-state index contributed by atoms with van der Waals surface area (Å²) in [6.45, 7) is 5.35. The van der Waals surface area contributed by atoms with Crippen molar-refractivity contribution in [3.05, 3.63) is 0 Å². The minimum absolute atomic E-state index is 0.762. The second-order valence-corrected chi connectivity index (χ2v) is 2.55. The highest BCUT2D eigenvalue weighted by atomic mass is 28.2. The molecule has 44 valence electrons. The first-order valence-electron chi connectivity index (χ1n) is 2.80. The van der Waals surface area contributed by atoms with Crippen LogP contribution in [0.4, 0.5) is 0 Å². The van der Waals surface area contributed by atoms with E-state index in [1.165, 1.54) is 6.42 Å². The molecule has 0 aromatic rings. The van der Waals surface area contributed by atoms with Crippen LogP contribution in [0.15, 0.2) is 0 Å². The molecule has 0 aliphatic heterocycles. The van der Waals surface area contributed by atoms with Crippen LogP contribution in [0.5, 0.6) is 0 Å². The van der Waals surface area contributed by atoms with Gasteiger partial charge < -0.3 is 4.43 Å². The second kappa shape index (κ2) is 4.34. The zero-order chi connectivity index (χ0) is 5.70. The van der Waals surface area contributed by atoms with Crippen LogP contribution in [0.2, 0.25) is 0 Å². The van der Waals surface area contributed by atoms with E-state index in [4.69, 9.17) is 4.43 Å². The summed E-state index contributed by atoms with van der Waals surface area (Å²) in [5.41, 5.74) is 0. The Morgan fingerprint density at radius 2 is 2.29 bits per heavy atom. The van der Waals surface area contributed by atoms with Crippen LogP contribution in [0.3, 0.4) is 0 Å². The average Bonchev–Trinajstić information content (AvgIpc) is 1.68. The maximum Gasteiger partial charge on any atom is 0.145 e. The lowest BCUT2D eigenvalue weighted by atomic mass is 10.1. The quantitative estimate of drug-likeness (QED) is 0.485. The van der Waals surface area contributed by atoms with Gasteiger partial charge in [0.05, 0.1) is 0 Å². The molecule has 0 aromatic carbocycles. The fraction of sp³-hybridized carbons (Fsp3) is 1.00. The van der Waals surface area contributed by atoms with E-state index >= 15 is 0 Å². The third-order valence-electron chi connectivity index (χ3n) is 1.15. The normalized spacial score (nSPS) is 14.6. The molecule has 1 nitrogen and oxygen atoms in total. The largest absolute Gasteiger partial charge is 0.428 e. The van der Waals surface area contributed by atoms with Crippen molar-refractivity contribution in [3.8, 4) is 0 Å². The third-order valence-corrected chi connectivity index (χ3v) is 1.48. The Bertz CT molecular complexity index is 39.1. The first kappa shape index (κ1) is 7.18. The van der Waals surface area contributed by atoms with Crippen molar-refractivity contribution in [3.63, 3.8) is 0 Å². The van der Waals surface area contributed by atoms with Crippen LogP contribution in [-0.2, 0) is 4.43 Å². The zero-order valence-corrected chi connectivity index (χ0v) is 7.40. The van der Waals surface area contributed by atoms with E-state index in [1.807, 2.05) is 0 Å². The molecule has 0 N–H and O–H groups in total. The van der Waals surface area contributed by atoms with Gasteiger partial charge in [-0.05, 0) is 5.92 Å². The maximum atomic E-state index is 5.03. The molecule has 0 rings (SSSR count). The summed E-state index contributed by atoms with van der Waals surface area (Å²) in [6.07, 6.45) is 1.24. The number of hydrogen-bond acceptors (Lipinski definition) is 1. The van der Waals surface area contributed by atoms with E-state index in [2.05, 4.69) is 13.8 Å². The van der Waals surface area contributed by atoms with Crippen LogP contribution in [0.1, 0.15) is 20.3 Å².